The van der Waals surface area contributed by atoms with Gasteiger partial charge in [-0.15, -0.1) is 0 Å². The summed E-state index contributed by atoms with van der Waals surface area (Å²) in [5, 5.41) is 5.84. The van der Waals surface area contributed by atoms with Crippen molar-refractivity contribution in [3.63, 3.8) is 0 Å². The summed E-state index contributed by atoms with van der Waals surface area (Å²) in [7, 11) is 0. The quantitative estimate of drug-likeness (QED) is 0.616. The van der Waals surface area contributed by atoms with Gasteiger partial charge in [-0.1, -0.05) is 13.8 Å². The van der Waals surface area contributed by atoms with Gasteiger partial charge in [-0.3, -0.25) is 4.79 Å². The van der Waals surface area contributed by atoms with Crippen LogP contribution in [0.3, 0.4) is 0 Å². The first-order valence-electron chi connectivity index (χ1n) is 9.16. The van der Waals surface area contributed by atoms with Crippen molar-refractivity contribution >= 4 is 23.3 Å². The minimum Gasteiger partial charge on any atom is -0.494 e. The van der Waals surface area contributed by atoms with Crippen LogP contribution in [0.2, 0.25) is 0 Å². The largest absolute Gasteiger partial charge is 0.494 e. The van der Waals surface area contributed by atoms with E-state index in [0.29, 0.717) is 24.5 Å². The smallest absolute Gasteiger partial charge is 0.338 e. The number of carbonyl (C=O) groups is 2. The Morgan fingerprint density at radius 1 is 0.852 bits per heavy atom. The third-order valence-electron chi connectivity index (χ3n) is 3.62. The molecule has 0 unspecified atom stereocenters. The normalized spacial score (nSPS) is 10.1. The molecule has 2 aromatic carbocycles. The number of benzene rings is 2. The number of ether oxygens (including phenoxy) is 2. The van der Waals surface area contributed by atoms with E-state index in [0.717, 1.165) is 24.3 Å². The van der Waals surface area contributed by atoms with E-state index < -0.39 is 0 Å². The van der Waals surface area contributed by atoms with Gasteiger partial charge < -0.3 is 20.1 Å². The Morgan fingerprint density at radius 2 is 1.48 bits per heavy atom. The molecule has 0 atom stereocenters. The van der Waals surface area contributed by atoms with E-state index in [2.05, 4.69) is 17.6 Å². The van der Waals surface area contributed by atoms with Gasteiger partial charge in [-0.05, 0) is 61.4 Å². The highest BCUT2D eigenvalue weighted by Gasteiger charge is 2.07. The van der Waals surface area contributed by atoms with Crippen LogP contribution in [0.4, 0.5) is 11.4 Å². The zero-order valence-electron chi connectivity index (χ0n) is 15.8. The minimum absolute atomic E-state index is 0.134. The van der Waals surface area contributed by atoms with Crippen molar-refractivity contribution in [3.8, 4) is 5.75 Å². The number of anilines is 2. The first-order valence-corrected chi connectivity index (χ1v) is 9.16. The summed E-state index contributed by atoms with van der Waals surface area (Å²) in [6, 6.07) is 14.1. The molecule has 0 aromatic heterocycles. The Kier molecular flexibility index (Phi) is 8.16. The van der Waals surface area contributed by atoms with Crippen molar-refractivity contribution in [2.24, 2.45) is 0 Å². The van der Waals surface area contributed by atoms with Crippen LogP contribution in [-0.2, 0) is 9.53 Å². The van der Waals surface area contributed by atoms with Crippen molar-refractivity contribution in [1.82, 2.24) is 0 Å². The van der Waals surface area contributed by atoms with Gasteiger partial charge in [0.05, 0.1) is 25.3 Å². The number of esters is 1. The van der Waals surface area contributed by atoms with E-state index in [1.165, 1.54) is 0 Å². The number of amides is 1. The monoisotopic (exact) mass is 370 g/mol. The molecular weight excluding hydrogens is 344 g/mol. The van der Waals surface area contributed by atoms with E-state index in [1.54, 1.807) is 24.3 Å². The summed E-state index contributed by atoms with van der Waals surface area (Å²) in [6.45, 7) is 5.21. The highest BCUT2D eigenvalue weighted by molar-refractivity contribution is 5.95. The molecule has 0 aliphatic rings. The van der Waals surface area contributed by atoms with Crippen LogP contribution >= 0.6 is 0 Å². The van der Waals surface area contributed by atoms with Crippen LogP contribution in [0.25, 0.3) is 0 Å². The lowest BCUT2D eigenvalue weighted by molar-refractivity contribution is -0.114. The molecule has 144 valence electrons. The second-order valence-corrected chi connectivity index (χ2v) is 5.99. The maximum Gasteiger partial charge on any atom is 0.338 e. The minimum atomic E-state index is -0.359. The molecular formula is C21H26N2O4. The number of nitrogens with one attached hydrogen (secondary N) is 2. The number of hydrogen-bond donors (Lipinski definition) is 2. The molecule has 6 nitrogen and oxygen atoms in total. The molecule has 0 heterocycles. The summed E-state index contributed by atoms with van der Waals surface area (Å²) in [5.41, 5.74) is 1.92. The zero-order chi connectivity index (χ0) is 19.5. The number of rotatable bonds is 10. The van der Waals surface area contributed by atoms with Crippen molar-refractivity contribution in [2.45, 2.75) is 26.7 Å². The fourth-order valence-electron chi connectivity index (χ4n) is 2.24. The highest BCUT2D eigenvalue weighted by atomic mass is 16.5. The molecule has 0 aliphatic heterocycles. The molecule has 0 saturated heterocycles. The number of hydrogen-bond acceptors (Lipinski definition) is 5. The Morgan fingerprint density at radius 3 is 2.11 bits per heavy atom. The van der Waals surface area contributed by atoms with Crippen LogP contribution in [0.5, 0.6) is 5.75 Å². The Bertz CT molecular complexity index is 727. The lowest BCUT2D eigenvalue weighted by atomic mass is 10.2. The predicted molar refractivity (Wildman–Crippen MR) is 106 cm³/mol. The van der Waals surface area contributed by atoms with Gasteiger partial charge in [0.25, 0.3) is 0 Å². The van der Waals surface area contributed by atoms with Crippen molar-refractivity contribution in [2.75, 3.05) is 30.4 Å². The average molecular weight is 370 g/mol. The van der Waals surface area contributed by atoms with Gasteiger partial charge in [0.15, 0.2) is 0 Å². The van der Waals surface area contributed by atoms with Gasteiger partial charge >= 0.3 is 5.97 Å². The predicted octanol–water partition coefficient (Wildman–Crippen LogP) is 4.09. The SMILES string of the molecule is CCCOC(=O)c1ccc(NC(=O)CNc2ccc(OCCC)cc2)cc1. The molecule has 1 amide bonds. The van der Waals surface area contributed by atoms with E-state index in [-0.39, 0.29) is 18.4 Å². The van der Waals surface area contributed by atoms with E-state index in [9.17, 15) is 9.59 Å². The summed E-state index contributed by atoms with van der Waals surface area (Å²) in [4.78, 5) is 23.8. The molecule has 27 heavy (non-hydrogen) atoms. The summed E-state index contributed by atoms with van der Waals surface area (Å²) in [5.74, 6) is 0.273. The van der Waals surface area contributed by atoms with E-state index in [1.807, 2.05) is 31.2 Å². The lowest BCUT2D eigenvalue weighted by Crippen LogP contribution is -2.21. The summed E-state index contributed by atoms with van der Waals surface area (Å²) >= 11 is 0. The van der Waals surface area contributed by atoms with Crippen LogP contribution in [0, 0.1) is 0 Å². The molecule has 0 fully saturated rings. The third-order valence-corrected chi connectivity index (χ3v) is 3.62. The van der Waals surface area contributed by atoms with E-state index >= 15 is 0 Å². The van der Waals surface area contributed by atoms with Gasteiger partial charge in [0, 0.05) is 11.4 Å². The lowest BCUT2D eigenvalue weighted by Gasteiger charge is -2.10. The van der Waals surface area contributed by atoms with Crippen LogP contribution in [0.15, 0.2) is 48.5 Å². The van der Waals surface area contributed by atoms with Crippen molar-refractivity contribution in [1.29, 1.82) is 0 Å². The molecule has 0 saturated carbocycles. The second-order valence-electron chi connectivity index (χ2n) is 5.99. The average Bonchev–Trinajstić information content (AvgIpc) is 2.70. The fraction of sp³-hybridized carbons (Fsp3) is 0.333. The van der Waals surface area contributed by atoms with E-state index in [4.69, 9.17) is 9.47 Å². The van der Waals surface area contributed by atoms with Crippen molar-refractivity contribution < 1.29 is 19.1 Å². The summed E-state index contributed by atoms with van der Waals surface area (Å²) in [6.07, 6.45) is 1.74. The maximum atomic E-state index is 12.1. The van der Waals surface area contributed by atoms with Gasteiger partial charge in [-0.2, -0.15) is 0 Å². The second kappa shape index (κ2) is 10.9. The molecule has 2 rings (SSSR count). The van der Waals surface area contributed by atoms with Crippen LogP contribution < -0.4 is 15.4 Å². The first-order chi connectivity index (χ1) is 13.1. The Balaban J connectivity index is 1.79. The Hall–Kier alpha value is -3.02. The molecule has 6 heteroatoms. The molecule has 0 bridgehead atoms. The molecule has 0 radical (unpaired) electrons. The topological polar surface area (TPSA) is 76.7 Å². The van der Waals surface area contributed by atoms with Crippen molar-refractivity contribution in [3.05, 3.63) is 54.1 Å². The third kappa shape index (κ3) is 7.01. The maximum absolute atomic E-state index is 12.1. The molecule has 0 aliphatic carbocycles. The van der Waals surface area contributed by atoms with Crippen LogP contribution in [0.1, 0.15) is 37.0 Å². The van der Waals surface area contributed by atoms with Crippen LogP contribution in [-0.4, -0.2) is 31.6 Å². The van der Waals surface area contributed by atoms with Gasteiger partial charge in [0.1, 0.15) is 5.75 Å². The highest BCUT2D eigenvalue weighted by Crippen LogP contribution is 2.16. The van der Waals surface area contributed by atoms with Gasteiger partial charge in [0.2, 0.25) is 5.91 Å². The zero-order valence-corrected chi connectivity index (χ0v) is 15.8. The molecule has 0 spiro atoms. The fourth-order valence-corrected chi connectivity index (χ4v) is 2.24. The van der Waals surface area contributed by atoms with Gasteiger partial charge in [-0.25, -0.2) is 4.79 Å². The molecule has 2 aromatic rings. The summed E-state index contributed by atoms with van der Waals surface area (Å²) < 4.78 is 10.6. The number of carbonyl (C=O) groups excluding carboxylic acids is 2. The molecule has 2 N–H and O–H groups in total. The first kappa shape index (κ1) is 20.3. The standard InChI is InChI=1S/C21H26N2O4/c1-3-13-26-19-11-9-17(10-12-19)22-15-20(24)23-18-7-5-16(6-8-18)21(25)27-14-4-2/h5-12,22H,3-4,13-15H2,1-2H3,(H,23,24). The Labute approximate surface area is 159 Å².